The first-order valence-corrected chi connectivity index (χ1v) is 12.6. The van der Waals surface area contributed by atoms with Crippen molar-refractivity contribution >= 4 is 38.7 Å². The summed E-state index contributed by atoms with van der Waals surface area (Å²) in [4.78, 5) is 21.5. The smallest absolute Gasteiger partial charge is 0.407 e. The van der Waals surface area contributed by atoms with Crippen LogP contribution >= 0.6 is 11.3 Å². The molecule has 3 aromatic heterocycles. The van der Waals surface area contributed by atoms with Crippen molar-refractivity contribution in [3.8, 4) is 0 Å². The second-order valence-corrected chi connectivity index (χ2v) is 9.91. The van der Waals surface area contributed by atoms with Crippen LogP contribution in [0.3, 0.4) is 0 Å². The summed E-state index contributed by atoms with van der Waals surface area (Å²) in [5.74, 6) is 1.73. The van der Waals surface area contributed by atoms with Crippen LogP contribution in [0.2, 0.25) is 0 Å². The monoisotopic (exact) mass is 442 g/mol. The molecule has 1 amide bonds. The molecular weight excluding hydrogens is 408 g/mol. The van der Waals surface area contributed by atoms with Crippen LogP contribution in [0.25, 0.3) is 21.3 Å². The molecule has 168 valence electrons. The number of thiophene rings is 1. The van der Waals surface area contributed by atoms with Gasteiger partial charge in [0.2, 0.25) is 0 Å². The summed E-state index contributed by atoms with van der Waals surface area (Å²) in [6, 6.07) is 2.57. The Morgan fingerprint density at radius 3 is 2.81 bits per heavy atom. The number of pyridine rings is 1. The summed E-state index contributed by atoms with van der Waals surface area (Å²) in [5, 5.41) is 5.07. The Hall–Kier alpha value is -2.15. The Balaban J connectivity index is 1.51. The fourth-order valence-corrected chi connectivity index (χ4v) is 5.61. The molecular formula is C24H34N4O2S. The van der Waals surface area contributed by atoms with E-state index in [0.717, 1.165) is 43.1 Å². The molecule has 7 heteroatoms. The first kappa shape index (κ1) is 22.1. The molecule has 0 spiro atoms. The maximum absolute atomic E-state index is 11.8. The number of nitrogens with zero attached hydrogens (tertiary/aromatic N) is 3. The number of aryl methyl sites for hydroxylation is 1. The number of rotatable bonds is 8. The third-order valence-corrected chi connectivity index (χ3v) is 7.17. The maximum atomic E-state index is 11.8. The molecule has 0 saturated heterocycles. The van der Waals surface area contributed by atoms with E-state index in [-0.39, 0.29) is 12.2 Å². The number of imidazole rings is 1. The lowest BCUT2D eigenvalue weighted by Crippen LogP contribution is -2.33. The highest BCUT2D eigenvalue weighted by atomic mass is 32.1. The number of unbranched alkanes of at least 4 members (excludes halogenated alkanes) is 2. The molecule has 1 N–H and O–H groups in total. The van der Waals surface area contributed by atoms with Gasteiger partial charge in [0.15, 0.2) is 0 Å². The van der Waals surface area contributed by atoms with E-state index in [1.165, 1.54) is 35.3 Å². The zero-order chi connectivity index (χ0) is 21.8. The van der Waals surface area contributed by atoms with E-state index in [2.05, 4.69) is 33.2 Å². The third kappa shape index (κ3) is 5.03. The van der Waals surface area contributed by atoms with Gasteiger partial charge in [-0.05, 0) is 63.3 Å². The van der Waals surface area contributed by atoms with Gasteiger partial charge in [0.05, 0.1) is 28.0 Å². The minimum atomic E-state index is -0.302. The molecule has 0 bridgehead atoms. The number of ether oxygens (including phenoxy) is 1. The molecule has 3 heterocycles. The van der Waals surface area contributed by atoms with Crippen molar-refractivity contribution in [1.82, 2.24) is 19.9 Å². The van der Waals surface area contributed by atoms with Crippen molar-refractivity contribution in [2.75, 3.05) is 6.54 Å². The second-order valence-electron chi connectivity index (χ2n) is 8.99. The predicted molar refractivity (Wildman–Crippen MR) is 127 cm³/mol. The van der Waals surface area contributed by atoms with Crippen molar-refractivity contribution < 1.29 is 9.53 Å². The molecule has 0 unspecified atom stereocenters. The normalized spacial score (nSPS) is 19.4. The number of aromatic nitrogens is 3. The van der Waals surface area contributed by atoms with Gasteiger partial charge in [-0.25, -0.2) is 9.78 Å². The van der Waals surface area contributed by atoms with E-state index in [1.54, 1.807) is 11.3 Å². The lowest BCUT2D eigenvalue weighted by Gasteiger charge is -2.31. The standard InChI is InChI=1S/C24H34N4O2S/c1-4-5-6-7-21-27-20-15-25-19-12-13-31-23(19)22(20)28(21)18-10-8-17(9-11-18)14-26-24(29)30-16(2)3/h12-13,15-18H,4-11,14H2,1-3H3,(H,26,29). The van der Waals surface area contributed by atoms with Crippen molar-refractivity contribution in [3.63, 3.8) is 0 Å². The molecule has 6 nitrogen and oxygen atoms in total. The van der Waals surface area contributed by atoms with Crippen molar-refractivity contribution in [2.24, 2.45) is 5.92 Å². The highest BCUT2D eigenvalue weighted by Crippen LogP contribution is 2.38. The van der Waals surface area contributed by atoms with Crippen LogP contribution in [0.4, 0.5) is 4.79 Å². The van der Waals surface area contributed by atoms with Gasteiger partial charge in [0.25, 0.3) is 0 Å². The van der Waals surface area contributed by atoms with Crippen LogP contribution in [0.15, 0.2) is 17.6 Å². The number of fused-ring (bicyclic) bond motifs is 3. The molecule has 1 aliphatic rings. The largest absolute Gasteiger partial charge is 0.447 e. The van der Waals surface area contributed by atoms with Gasteiger partial charge < -0.3 is 14.6 Å². The average molecular weight is 443 g/mol. The molecule has 4 rings (SSSR count). The molecule has 3 aromatic rings. The minimum absolute atomic E-state index is 0.0834. The van der Waals surface area contributed by atoms with Gasteiger partial charge in [-0.1, -0.05) is 19.8 Å². The average Bonchev–Trinajstić information content (AvgIpc) is 3.36. The highest BCUT2D eigenvalue weighted by Gasteiger charge is 2.27. The molecule has 1 saturated carbocycles. The van der Waals surface area contributed by atoms with E-state index in [9.17, 15) is 4.79 Å². The summed E-state index contributed by atoms with van der Waals surface area (Å²) in [6.45, 7) is 6.69. The van der Waals surface area contributed by atoms with Crippen molar-refractivity contribution in [2.45, 2.75) is 84.3 Å². The van der Waals surface area contributed by atoms with Gasteiger partial charge >= 0.3 is 6.09 Å². The van der Waals surface area contributed by atoms with Crippen LogP contribution in [-0.4, -0.2) is 33.3 Å². The van der Waals surface area contributed by atoms with E-state index in [0.29, 0.717) is 18.5 Å². The molecule has 0 atom stereocenters. The zero-order valence-electron chi connectivity index (χ0n) is 18.9. The van der Waals surface area contributed by atoms with Gasteiger partial charge in [0, 0.05) is 19.0 Å². The van der Waals surface area contributed by atoms with Gasteiger partial charge in [0.1, 0.15) is 11.3 Å². The Labute approximate surface area is 188 Å². The Bertz CT molecular complexity index is 1020. The van der Waals surface area contributed by atoms with E-state index < -0.39 is 0 Å². The maximum Gasteiger partial charge on any atom is 0.407 e. The highest BCUT2D eigenvalue weighted by molar-refractivity contribution is 7.18. The van der Waals surface area contributed by atoms with Gasteiger partial charge in [-0.3, -0.25) is 4.98 Å². The van der Waals surface area contributed by atoms with Crippen LogP contribution in [0, 0.1) is 5.92 Å². The van der Waals surface area contributed by atoms with Crippen LogP contribution in [-0.2, 0) is 11.2 Å². The number of hydrogen-bond acceptors (Lipinski definition) is 5. The van der Waals surface area contributed by atoms with Crippen molar-refractivity contribution in [3.05, 3.63) is 23.5 Å². The fraction of sp³-hybridized carbons (Fsp3) is 0.625. The summed E-state index contributed by atoms with van der Waals surface area (Å²) in [7, 11) is 0. The van der Waals surface area contributed by atoms with Gasteiger partial charge in [-0.15, -0.1) is 11.3 Å². The quantitative estimate of drug-likeness (QED) is 0.419. The molecule has 1 fully saturated rings. The molecule has 31 heavy (non-hydrogen) atoms. The summed E-state index contributed by atoms with van der Waals surface area (Å²) in [5.41, 5.74) is 3.37. The predicted octanol–water partition coefficient (Wildman–Crippen LogP) is 6.24. The van der Waals surface area contributed by atoms with Crippen LogP contribution in [0.5, 0.6) is 0 Å². The van der Waals surface area contributed by atoms with E-state index >= 15 is 0 Å². The second kappa shape index (κ2) is 9.98. The Kier molecular flexibility index (Phi) is 7.10. The van der Waals surface area contributed by atoms with E-state index in [1.807, 2.05) is 20.0 Å². The first-order chi connectivity index (χ1) is 15.1. The first-order valence-electron chi connectivity index (χ1n) is 11.7. The number of hydrogen-bond donors (Lipinski definition) is 1. The summed E-state index contributed by atoms with van der Waals surface area (Å²) >= 11 is 1.77. The van der Waals surface area contributed by atoms with Crippen molar-refractivity contribution in [1.29, 1.82) is 0 Å². The number of carbonyl (C=O) groups excluding carboxylic acids is 1. The fourth-order valence-electron chi connectivity index (χ4n) is 4.72. The SMILES string of the molecule is CCCCCc1nc2cnc3ccsc3c2n1C1CCC(CNC(=O)OC(C)C)CC1. The van der Waals surface area contributed by atoms with Gasteiger partial charge in [-0.2, -0.15) is 0 Å². The minimum Gasteiger partial charge on any atom is -0.447 e. The van der Waals surface area contributed by atoms with E-state index in [4.69, 9.17) is 9.72 Å². The lowest BCUT2D eigenvalue weighted by molar-refractivity contribution is 0.113. The molecule has 1 aliphatic carbocycles. The Morgan fingerprint density at radius 2 is 2.06 bits per heavy atom. The number of carbonyl (C=O) groups is 1. The summed E-state index contributed by atoms with van der Waals surface area (Å²) in [6.07, 6.45) is 10.7. The zero-order valence-corrected chi connectivity index (χ0v) is 19.7. The van der Waals surface area contributed by atoms with Crippen LogP contribution in [0.1, 0.15) is 77.6 Å². The lowest BCUT2D eigenvalue weighted by atomic mass is 9.85. The summed E-state index contributed by atoms with van der Waals surface area (Å²) < 4.78 is 9.00. The number of nitrogens with one attached hydrogen (secondary N) is 1. The number of alkyl carbamates (subject to hydrolysis) is 1. The van der Waals surface area contributed by atoms with Crippen LogP contribution < -0.4 is 5.32 Å². The molecule has 0 aromatic carbocycles. The topological polar surface area (TPSA) is 69.0 Å². The Morgan fingerprint density at radius 1 is 1.26 bits per heavy atom. The number of amides is 1. The molecule has 0 radical (unpaired) electrons. The third-order valence-electron chi connectivity index (χ3n) is 6.26. The molecule has 0 aliphatic heterocycles.